The Bertz CT molecular complexity index is 3640. The summed E-state index contributed by atoms with van der Waals surface area (Å²) in [7, 11) is 0. The van der Waals surface area contributed by atoms with Gasteiger partial charge in [0.1, 0.15) is 11.2 Å². The Morgan fingerprint density at radius 1 is 0.338 bits per heavy atom. The highest BCUT2D eigenvalue weighted by Crippen LogP contribution is 2.41. The molecule has 0 amide bonds. The fourth-order valence-electron chi connectivity index (χ4n) is 10.1. The van der Waals surface area contributed by atoms with E-state index in [4.69, 9.17) is 4.42 Å². The maximum absolute atomic E-state index is 6.53. The van der Waals surface area contributed by atoms with Gasteiger partial charge in [-0.1, -0.05) is 200 Å². The van der Waals surface area contributed by atoms with Gasteiger partial charge in [-0.05, 0) is 117 Å². The van der Waals surface area contributed by atoms with E-state index in [1.807, 2.05) is 6.07 Å². The van der Waals surface area contributed by atoms with Crippen LogP contribution in [0.25, 0.3) is 71.7 Å². The Labute approximate surface area is 379 Å². The van der Waals surface area contributed by atoms with Gasteiger partial charge in [0.15, 0.2) is 0 Å². The molecule has 0 bridgehead atoms. The van der Waals surface area contributed by atoms with Crippen molar-refractivity contribution in [2.24, 2.45) is 0 Å². The van der Waals surface area contributed by atoms with Gasteiger partial charge in [0.2, 0.25) is 0 Å². The zero-order chi connectivity index (χ0) is 43.1. The van der Waals surface area contributed by atoms with Crippen molar-refractivity contribution in [3.8, 4) is 27.9 Å². The number of hydrogen-bond acceptors (Lipinski definition) is 1. The van der Waals surface area contributed by atoms with Gasteiger partial charge in [-0.25, -0.2) is 0 Å². The third-order valence-electron chi connectivity index (χ3n) is 13.2. The Morgan fingerprint density at radius 3 is 1.68 bits per heavy atom. The van der Waals surface area contributed by atoms with Crippen LogP contribution in [-0.4, -0.2) is 4.57 Å². The number of fused-ring (bicyclic) bond motifs is 6. The molecule has 0 fully saturated rings. The highest BCUT2D eigenvalue weighted by atomic mass is 16.3. The van der Waals surface area contributed by atoms with E-state index in [-0.39, 0.29) is 5.92 Å². The third-order valence-corrected chi connectivity index (χ3v) is 13.2. The summed E-state index contributed by atoms with van der Waals surface area (Å²) >= 11 is 0. The number of para-hydroxylation sites is 3. The molecule has 2 nitrogen and oxygen atoms in total. The Morgan fingerprint density at radius 2 is 0.892 bits per heavy atom. The van der Waals surface area contributed by atoms with E-state index in [0.29, 0.717) is 0 Å². The minimum absolute atomic E-state index is 0.0453. The van der Waals surface area contributed by atoms with Crippen molar-refractivity contribution in [3.63, 3.8) is 0 Å². The largest absolute Gasteiger partial charge is 0.456 e. The first-order valence-corrected chi connectivity index (χ1v) is 22.6. The van der Waals surface area contributed by atoms with E-state index >= 15 is 0 Å². The molecule has 2 aromatic heterocycles. The van der Waals surface area contributed by atoms with Crippen molar-refractivity contribution in [1.82, 2.24) is 4.57 Å². The molecular formula is C63H45NO. The van der Waals surface area contributed by atoms with Crippen LogP contribution in [0.2, 0.25) is 0 Å². The second-order valence-electron chi connectivity index (χ2n) is 17.2. The predicted molar refractivity (Wildman–Crippen MR) is 271 cm³/mol. The van der Waals surface area contributed by atoms with E-state index in [1.165, 1.54) is 88.7 Å². The first kappa shape index (κ1) is 38.5. The quantitative estimate of drug-likeness (QED) is 0.126. The maximum atomic E-state index is 6.53. The number of benzene rings is 10. The molecule has 1 unspecified atom stereocenters. The molecule has 10 aromatic carbocycles. The topological polar surface area (TPSA) is 18.1 Å². The average molecular weight is 832 g/mol. The van der Waals surface area contributed by atoms with Crippen LogP contribution in [0.15, 0.2) is 247 Å². The van der Waals surface area contributed by atoms with Crippen LogP contribution in [0.4, 0.5) is 0 Å². The summed E-state index contributed by atoms with van der Waals surface area (Å²) in [4.78, 5) is 0. The molecule has 0 radical (unpaired) electrons. The molecule has 2 heteroatoms. The zero-order valence-electron chi connectivity index (χ0n) is 35.9. The summed E-state index contributed by atoms with van der Waals surface area (Å²) in [6, 6.07) is 88.6. The first-order valence-electron chi connectivity index (χ1n) is 22.6. The lowest BCUT2D eigenvalue weighted by atomic mass is 9.81. The van der Waals surface area contributed by atoms with Crippen LogP contribution >= 0.6 is 0 Å². The average Bonchev–Trinajstić information content (AvgIpc) is 3.91. The molecule has 0 spiro atoms. The number of furan rings is 1. The third kappa shape index (κ3) is 7.20. The van der Waals surface area contributed by atoms with Gasteiger partial charge in [-0.3, -0.25) is 0 Å². The van der Waals surface area contributed by atoms with Crippen molar-refractivity contribution in [2.45, 2.75) is 18.8 Å². The van der Waals surface area contributed by atoms with Crippen molar-refractivity contribution in [1.29, 1.82) is 0 Å². The second-order valence-corrected chi connectivity index (χ2v) is 17.2. The molecule has 2 heterocycles. The summed E-state index contributed by atoms with van der Waals surface area (Å²) in [5, 5.41) is 4.78. The van der Waals surface area contributed by atoms with Crippen LogP contribution in [0.1, 0.15) is 44.9 Å². The van der Waals surface area contributed by atoms with Crippen LogP contribution in [0.5, 0.6) is 0 Å². The number of rotatable bonds is 10. The van der Waals surface area contributed by atoms with Crippen LogP contribution in [0.3, 0.4) is 0 Å². The standard InChI is InChI=1S/C63H45NO/c1-4-16-43(17-5-1)38-48-20-10-11-23-53(48)54-35-32-49(40-51(54)39-44-18-6-2-7-19-44)63(50-33-36-57-56-25-13-15-27-61(56)65-62(57)42-50)46-30-28-45(29-31-46)47-34-37-60-58(41-47)55-24-12-14-26-59(55)64(60)52-21-8-3-9-22-52/h1-37,40-42,63H,38-39H2. The van der Waals surface area contributed by atoms with E-state index < -0.39 is 0 Å². The number of hydrogen-bond donors (Lipinski definition) is 0. The minimum Gasteiger partial charge on any atom is -0.456 e. The molecular weight excluding hydrogens is 787 g/mol. The second kappa shape index (κ2) is 16.5. The van der Waals surface area contributed by atoms with Gasteiger partial charge in [0, 0.05) is 33.2 Å². The van der Waals surface area contributed by atoms with E-state index in [9.17, 15) is 0 Å². The van der Waals surface area contributed by atoms with Crippen molar-refractivity contribution in [3.05, 3.63) is 282 Å². The van der Waals surface area contributed by atoms with Crippen molar-refractivity contribution >= 4 is 43.7 Å². The molecule has 0 aliphatic heterocycles. The molecule has 0 aliphatic rings. The van der Waals surface area contributed by atoms with Crippen LogP contribution in [0, 0.1) is 0 Å². The number of aromatic nitrogens is 1. The van der Waals surface area contributed by atoms with Crippen LogP contribution < -0.4 is 0 Å². The molecule has 308 valence electrons. The molecule has 65 heavy (non-hydrogen) atoms. The maximum Gasteiger partial charge on any atom is 0.135 e. The Hall–Kier alpha value is -8.20. The molecule has 0 aliphatic carbocycles. The lowest BCUT2D eigenvalue weighted by Gasteiger charge is -2.22. The van der Waals surface area contributed by atoms with E-state index in [2.05, 4.69) is 241 Å². The Kier molecular flexibility index (Phi) is 9.76. The lowest BCUT2D eigenvalue weighted by Crippen LogP contribution is -2.06. The van der Waals surface area contributed by atoms with Gasteiger partial charge in [0.25, 0.3) is 0 Å². The van der Waals surface area contributed by atoms with E-state index in [1.54, 1.807) is 0 Å². The van der Waals surface area contributed by atoms with Gasteiger partial charge in [-0.15, -0.1) is 0 Å². The molecule has 12 aromatic rings. The first-order chi connectivity index (χ1) is 32.2. The summed E-state index contributed by atoms with van der Waals surface area (Å²) in [6.07, 6.45) is 1.69. The number of nitrogens with zero attached hydrogens (tertiary/aromatic N) is 1. The highest BCUT2D eigenvalue weighted by Gasteiger charge is 2.22. The highest BCUT2D eigenvalue weighted by molar-refractivity contribution is 6.10. The van der Waals surface area contributed by atoms with E-state index in [0.717, 1.165) is 34.8 Å². The van der Waals surface area contributed by atoms with Crippen molar-refractivity contribution in [2.75, 3.05) is 0 Å². The lowest BCUT2D eigenvalue weighted by molar-refractivity contribution is 0.668. The fraction of sp³-hybridized carbons (Fsp3) is 0.0476. The predicted octanol–water partition coefficient (Wildman–Crippen LogP) is 16.4. The summed E-state index contributed by atoms with van der Waals surface area (Å²) in [6.45, 7) is 0. The summed E-state index contributed by atoms with van der Waals surface area (Å²) in [5.74, 6) is -0.0453. The van der Waals surface area contributed by atoms with Gasteiger partial charge in [0.05, 0.1) is 11.0 Å². The molecule has 0 saturated heterocycles. The van der Waals surface area contributed by atoms with Gasteiger partial charge < -0.3 is 8.98 Å². The normalized spacial score (nSPS) is 12.1. The van der Waals surface area contributed by atoms with Gasteiger partial charge in [-0.2, -0.15) is 0 Å². The molecule has 0 saturated carbocycles. The summed E-state index contributed by atoms with van der Waals surface area (Å²) in [5.41, 5.74) is 19.2. The van der Waals surface area contributed by atoms with Gasteiger partial charge >= 0.3 is 0 Å². The van der Waals surface area contributed by atoms with Crippen molar-refractivity contribution < 1.29 is 4.42 Å². The summed E-state index contributed by atoms with van der Waals surface area (Å²) < 4.78 is 8.90. The SMILES string of the molecule is c1ccc(Cc2ccccc2-c2ccc(C(c3ccc(-c4ccc5c(c4)c4ccccc4n5-c4ccccc4)cc3)c3ccc4c(c3)oc3ccccc34)cc2Cc2ccccc2)cc1. The Balaban J connectivity index is 0.990. The minimum atomic E-state index is -0.0453. The van der Waals surface area contributed by atoms with Crippen LogP contribution in [-0.2, 0) is 12.8 Å². The molecule has 12 rings (SSSR count). The smallest absolute Gasteiger partial charge is 0.135 e. The monoisotopic (exact) mass is 831 g/mol. The zero-order valence-corrected chi connectivity index (χ0v) is 35.9. The molecule has 0 N–H and O–H groups in total. The molecule has 1 atom stereocenters. The fourth-order valence-corrected chi connectivity index (χ4v) is 10.1.